The van der Waals surface area contributed by atoms with Crippen molar-refractivity contribution in [2.45, 2.75) is 58.8 Å². The lowest BCUT2D eigenvalue weighted by molar-refractivity contribution is -0.135. The van der Waals surface area contributed by atoms with Gasteiger partial charge >= 0.3 is 0 Å². The maximum atomic E-state index is 9.00. The molecule has 0 aromatic rings. The predicted octanol–water partition coefficient (Wildman–Crippen LogP) is 2.91. The van der Waals surface area contributed by atoms with Gasteiger partial charge in [0.25, 0.3) is 11.9 Å². The van der Waals surface area contributed by atoms with Crippen LogP contribution in [0.15, 0.2) is 0 Å². The molecule has 1 aliphatic rings. The number of rotatable bonds is 0. The summed E-state index contributed by atoms with van der Waals surface area (Å²) in [6.45, 7) is 2.17. The van der Waals surface area contributed by atoms with Crippen molar-refractivity contribution in [1.29, 1.82) is 0 Å². The molecule has 0 spiro atoms. The molecule has 0 radical (unpaired) electrons. The first-order chi connectivity index (χ1) is 6.96. The number of hydrogen-bond acceptors (Lipinski definition) is 2. The minimum atomic E-state index is -0.833. The average molecular weight is 218 g/mol. The fourth-order valence-corrected chi connectivity index (χ4v) is 1.24. The van der Waals surface area contributed by atoms with Gasteiger partial charge in [-0.2, -0.15) is 0 Å². The zero-order chi connectivity index (χ0) is 12.1. The van der Waals surface area contributed by atoms with Gasteiger partial charge in [0.2, 0.25) is 0 Å². The van der Waals surface area contributed by atoms with Crippen LogP contribution in [0.2, 0.25) is 0 Å². The predicted molar refractivity (Wildman–Crippen MR) is 58.9 cm³/mol. The van der Waals surface area contributed by atoms with Gasteiger partial charge in [-0.05, 0) is 0 Å². The highest BCUT2D eigenvalue weighted by atomic mass is 16.4. The van der Waals surface area contributed by atoms with E-state index in [1.807, 2.05) is 0 Å². The fraction of sp³-hybridized carbons (Fsp3) is 0.818. The number of carbonyl (C=O) groups is 2. The van der Waals surface area contributed by atoms with E-state index in [4.69, 9.17) is 19.8 Å². The van der Waals surface area contributed by atoms with Crippen LogP contribution in [0.5, 0.6) is 0 Å². The monoisotopic (exact) mass is 218 g/mol. The van der Waals surface area contributed by atoms with E-state index in [-0.39, 0.29) is 0 Å². The topological polar surface area (TPSA) is 74.6 Å². The molecule has 4 nitrogen and oxygen atoms in total. The Morgan fingerprint density at radius 2 is 0.733 bits per heavy atom. The Kier molecular flexibility index (Phi) is 14.1. The van der Waals surface area contributed by atoms with E-state index < -0.39 is 11.9 Å². The summed E-state index contributed by atoms with van der Waals surface area (Å²) in [5.74, 6) is -1.67. The summed E-state index contributed by atoms with van der Waals surface area (Å²) in [5.41, 5.74) is 0. The van der Waals surface area contributed by atoms with Gasteiger partial charge < -0.3 is 10.2 Å². The molecule has 0 amide bonds. The van der Waals surface area contributed by atoms with Crippen molar-refractivity contribution in [2.75, 3.05) is 0 Å². The van der Waals surface area contributed by atoms with Crippen LogP contribution in [0, 0.1) is 0 Å². The summed E-state index contributed by atoms with van der Waals surface area (Å²) in [5, 5.41) is 14.8. The molecule has 1 saturated carbocycles. The van der Waals surface area contributed by atoms with Gasteiger partial charge in [0, 0.05) is 13.8 Å². The minimum Gasteiger partial charge on any atom is -0.481 e. The van der Waals surface area contributed by atoms with Crippen molar-refractivity contribution < 1.29 is 19.8 Å². The molecule has 1 rings (SSSR count). The van der Waals surface area contributed by atoms with Crippen LogP contribution in [-0.2, 0) is 9.59 Å². The molecule has 0 aliphatic heterocycles. The Morgan fingerprint density at radius 1 is 0.667 bits per heavy atom. The smallest absolute Gasteiger partial charge is 0.300 e. The first-order valence-electron chi connectivity index (χ1n) is 5.36. The first-order valence-corrected chi connectivity index (χ1v) is 5.36. The van der Waals surface area contributed by atoms with Crippen molar-refractivity contribution in [3.05, 3.63) is 0 Å². The molecule has 2 N–H and O–H groups in total. The Bertz CT molecular complexity index is 126. The third kappa shape index (κ3) is 43.9. The van der Waals surface area contributed by atoms with Crippen LogP contribution in [0.4, 0.5) is 0 Å². The molecule has 0 heterocycles. The van der Waals surface area contributed by atoms with E-state index in [1.54, 1.807) is 0 Å². The molecular weight excluding hydrogens is 196 g/mol. The molecule has 4 heteroatoms. The van der Waals surface area contributed by atoms with E-state index in [1.165, 1.54) is 44.9 Å². The Hall–Kier alpha value is -1.06. The van der Waals surface area contributed by atoms with E-state index in [0.717, 1.165) is 13.8 Å². The summed E-state index contributed by atoms with van der Waals surface area (Å²) < 4.78 is 0. The molecule has 15 heavy (non-hydrogen) atoms. The Morgan fingerprint density at radius 3 is 0.800 bits per heavy atom. The third-order valence-corrected chi connectivity index (χ3v) is 1.75. The normalized spacial score (nSPS) is 14.5. The zero-order valence-electron chi connectivity index (χ0n) is 9.66. The second kappa shape index (κ2) is 12.9. The maximum absolute atomic E-state index is 9.00. The van der Waals surface area contributed by atoms with Gasteiger partial charge in [-0.3, -0.25) is 9.59 Å². The van der Waals surface area contributed by atoms with Gasteiger partial charge in [-0.1, -0.05) is 44.9 Å². The van der Waals surface area contributed by atoms with Crippen LogP contribution < -0.4 is 0 Å². The summed E-state index contributed by atoms with van der Waals surface area (Å²) >= 11 is 0. The van der Waals surface area contributed by atoms with Crippen LogP contribution >= 0.6 is 0 Å². The van der Waals surface area contributed by atoms with Crippen molar-refractivity contribution in [3.8, 4) is 0 Å². The van der Waals surface area contributed by atoms with Crippen LogP contribution in [0.1, 0.15) is 58.8 Å². The average Bonchev–Trinajstić information content (AvgIpc) is 2.31. The molecule has 1 aliphatic carbocycles. The van der Waals surface area contributed by atoms with E-state index >= 15 is 0 Å². The number of carboxylic acids is 2. The number of carboxylic acid groups (broad SMARTS) is 2. The summed E-state index contributed by atoms with van der Waals surface area (Å²) in [6.07, 6.45) is 10.5. The zero-order valence-corrected chi connectivity index (χ0v) is 9.66. The van der Waals surface area contributed by atoms with E-state index in [0.29, 0.717) is 0 Å². The van der Waals surface area contributed by atoms with E-state index in [2.05, 4.69) is 0 Å². The molecule has 0 atom stereocenters. The summed E-state index contributed by atoms with van der Waals surface area (Å²) in [6, 6.07) is 0. The van der Waals surface area contributed by atoms with Crippen LogP contribution in [-0.4, -0.2) is 22.2 Å². The minimum absolute atomic E-state index is 0.833. The largest absolute Gasteiger partial charge is 0.481 e. The van der Waals surface area contributed by atoms with E-state index in [9.17, 15) is 0 Å². The van der Waals surface area contributed by atoms with Crippen LogP contribution in [0.25, 0.3) is 0 Å². The highest BCUT2D eigenvalue weighted by Crippen LogP contribution is 2.15. The van der Waals surface area contributed by atoms with Gasteiger partial charge in [0.15, 0.2) is 0 Å². The fourth-order valence-electron chi connectivity index (χ4n) is 1.24. The Balaban J connectivity index is 0. The number of aliphatic carboxylic acids is 2. The second-order valence-corrected chi connectivity index (χ2v) is 3.51. The molecule has 0 aromatic heterocycles. The molecule has 0 aromatic carbocycles. The molecule has 1 fully saturated rings. The van der Waals surface area contributed by atoms with Gasteiger partial charge in [-0.25, -0.2) is 0 Å². The SMILES string of the molecule is C1CCCCCC1.CC(=O)O.CC(=O)O. The molecule has 0 saturated heterocycles. The van der Waals surface area contributed by atoms with Crippen molar-refractivity contribution >= 4 is 11.9 Å². The van der Waals surface area contributed by atoms with Crippen molar-refractivity contribution in [2.24, 2.45) is 0 Å². The molecule has 0 unspecified atom stereocenters. The highest BCUT2D eigenvalue weighted by molar-refractivity contribution is 5.63. The molecule has 90 valence electrons. The third-order valence-electron chi connectivity index (χ3n) is 1.75. The lowest BCUT2D eigenvalue weighted by atomic mass is 10.2. The molecular formula is C11H22O4. The lowest BCUT2D eigenvalue weighted by Gasteiger charge is -1.85. The van der Waals surface area contributed by atoms with Gasteiger partial charge in [0.1, 0.15) is 0 Å². The molecule has 0 bridgehead atoms. The Labute approximate surface area is 91.3 Å². The lowest BCUT2D eigenvalue weighted by Crippen LogP contribution is -1.78. The standard InChI is InChI=1S/C7H14.2C2H4O2/c1-2-4-6-7-5-3-1;2*1-2(3)4/h1-7H2;2*1H3,(H,3,4). The maximum Gasteiger partial charge on any atom is 0.300 e. The van der Waals surface area contributed by atoms with Gasteiger partial charge in [-0.15, -0.1) is 0 Å². The van der Waals surface area contributed by atoms with Crippen molar-refractivity contribution in [1.82, 2.24) is 0 Å². The van der Waals surface area contributed by atoms with Crippen LogP contribution in [0.3, 0.4) is 0 Å². The van der Waals surface area contributed by atoms with Gasteiger partial charge in [0.05, 0.1) is 0 Å². The van der Waals surface area contributed by atoms with Crippen molar-refractivity contribution in [3.63, 3.8) is 0 Å². The summed E-state index contributed by atoms with van der Waals surface area (Å²) in [4.78, 5) is 18.0. The first kappa shape index (κ1) is 16.4. The second-order valence-electron chi connectivity index (χ2n) is 3.51. The quantitative estimate of drug-likeness (QED) is 0.613. The highest BCUT2D eigenvalue weighted by Gasteiger charge is 1.95. The summed E-state index contributed by atoms with van der Waals surface area (Å²) in [7, 11) is 0. The number of hydrogen-bond donors (Lipinski definition) is 2.